The van der Waals surface area contributed by atoms with E-state index in [1.54, 1.807) is 6.07 Å². The van der Waals surface area contributed by atoms with Gasteiger partial charge in [0.1, 0.15) is 4.90 Å². The maximum absolute atomic E-state index is 12.7. The van der Waals surface area contributed by atoms with E-state index in [9.17, 15) is 26.4 Å². The Morgan fingerprint density at radius 2 is 1.67 bits per heavy atom. The van der Waals surface area contributed by atoms with Crippen molar-refractivity contribution in [2.75, 3.05) is 0 Å². The molecular formula is C21H13Cl2F3N2O4S. The number of carbonyl (C=O) groups is 1. The van der Waals surface area contributed by atoms with E-state index in [1.165, 1.54) is 36.4 Å². The Morgan fingerprint density at radius 3 is 2.33 bits per heavy atom. The standard InChI is InChI=1S/C21H13Cl2F3N2O4S/c22-15-7-10-18(23)17(11-15)20(29)28-27-12-13-3-1-2-4-19(13)32-33(30,31)16-8-5-14(6-9-16)21(24,25)26/h1-12H,(H,28,29)/b27-12+. The van der Waals surface area contributed by atoms with E-state index >= 15 is 0 Å². The van der Waals surface area contributed by atoms with Crippen LogP contribution in [0.4, 0.5) is 13.2 Å². The summed E-state index contributed by atoms with van der Waals surface area (Å²) in [5, 5.41) is 4.21. The Labute approximate surface area is 196 Å². The molecule has 0 unspecified atom stereocenters. The Bertz CT molecular complexity index is 1310. The van der Waals surface area contributed by atoms with Crippen LogP contribution in [-0.4, -0.2) is 20.5 Å². The largest absolute Gasteiger partial charge is 0.416 e. The zero-order valence-corrected chi connectivity index (χ0v) is 18.6. The second-order valence-electron chi connectivity index (χ2n) is 6.42. The summed E-state index contributed by atoms with van der Waals surface area (Å²) in [5.41, 5.74) is 1.49. The van der Waals surface area contributed by atoms with Crippen LogP contribution >= 0.6 is 23.2 Å². The first kappa shape index (κ1) is 24.6. The van der Waals surface area contributed by atoms with Crippen molar-refractivity contribution in [1.82, 2.24) is 5.43 Å². The molecule has 0 heterocycles. The van der Waals surface area contributed by atoms with Gasteiger partial charge in [0, 0.05) is 10.6 Å². The van der Waals surface area contributed by atoms with Gasteiger partial charge in [0.05, 0.1) is 22.4 Å². The Morgan fingerprint density at radius 1 is 1.00 bits per heavy atom. The van der Waals surface area contributed by atoms with E-state index in [-0.39, 0.29) is 21.9 Å². The molecule has 0 radical (unpaired) electrons. The SMILES string of the molecule is O=C(N/N=C/c1ccccc1OS(=O)(=O)c1ccc(C(F)(F)F)cc1)c1cc(Cl)ccc1Cl. The number of hydrogen-bond donors (Lipinski definition) is 1. The summed E-state index contributed by atoms with van der Waals surface area (Å²) in [6.07, 6.45) is -3.47. The Kier molecular flexibility index (Phi) is 7.31. The molecule has 3 aromatic rings. The van der Waals surface area contributed by atoms with Crippen LogP contribution < -0.4 is 9.61 Å². The van der Waals surface area contributed by atoms with Crippen molar-refractivity contribution in [1.29, 1.82) is 0 Å². The van der Waals surface area contributed by atoms with Crippen LogP contribution in [0.1, 0.15) is 21.5 Å². The van der Waals surface area contributed by atoms with Gasteiger partial charge in [0.15, 0.2) is 5.75 Å². The van der Waals surface area contributed by atoms with Crippen molar-refractivity contribution >= 4 is 45.4 Å². The number of benzene rings is 3. The van der Waals surface area contributed by atoms with E-state index in [4.69, 9.17) is 27.4 Å². The first-order valence-electron chi connectivity index (χ1n) is 8.96. The molecule has 33 heavy (non-hydrogen) atoms. The minimum atomic E-state index is -4.61. The van der Waals surface area contributed by atoms with Gasteiger partial charge < -0.3 is 4.18 Å². The third-order valence-corrected chi connectivity index (χ3v) is 5.94. The summed E-state index contributed by atoms with van der Waals surface area (Å²) < 4.78 is 68.2. The molecule has 1 amide bonds. The van der Waals surface area contributed by atoms with Crippen molar-refractivity contribution < 1.29 is 30.6 Å². The van der Waals surface area contributed by atoms with Crippen LogP contribution in [0.5, 0.6) is 5.75 Å². The van der Waals surface area contributed by atoms with E-state index in [2.05, 4.69) is 10.5 Å². The summed E-state index contributed by atoms with van der Waals surface area (Å²) in [5.74, 6) is -0.814. The Balaban J connectivity index is 1.77. The number of hydrazone groups is 1. The summed E-state index contributed by atoms with van der Waals surface area (Å²) in [6, 6.07) is 13.0. The molecule has 1 N–H and O–H groups in total. The normalized spacial score (nSPS) is 12.0. The number of halogens is 5. The van der Waals surface area contributed by atoms with Crippen molar-refractivity contribution in [3.05, 3.63) is 93.5 Å². The summed E-state index contributed by atoms with van der Waals surface area (Å²) in [7, 11) is -4.44. The van der Waals surface area contributed by atoms with Crippen LogP contribution in [-0.2, 0) is 16.3 Å². The lowest BCUT2D eigenvalue weighted by Gasteiger charge is -2.11. The molecule has 0 saturated carbocycles. The van der Waals surface area contributed by atoms with Crippen molar-refractivity contribution in [3.8, 4) is 5.75 Å². The van der Waals surface area contributed by atoms with Gasteiger partial charge in [-0.2, -0.15) is 26.7 Å². The fourth-order valence-corrected chi connectivity index (χ4v) is 3.86. The van der Waals surface area contributed by atoms with Gasteiger partial charge in [0.2, 0.25) is 0 Å². The minimum absolute atomic E-state index is 0.0794. The van der Waals surface area contributed by atoms with Crippen LogP contribution in [0.3, 0.4) is 0 Å². The minimum Gasteiger partial charge on any atom is -0.378 e. The molecule has 0 aliphatic heterocycles. The highest BCUT2D eigenvalue weighted by molar-refractivity contribution is 7.87. The zero-order chi connectivity index (χ0) is 24.2. The number of nitrogens with zero attached hydrogens (tertiary/aromatic N) is 1. The molecule has 0 aromatic heterocycles. The molecule has 3 rings (SSSR count). The number of hydrogen-bond acceptors (Lipinski definition) is 5. The molecule has 0 aliphatic rings. The second kappa shape index (κ2) is 9.82. The third kappa shape index (κ3) is 6.25. The van der Waals surface area contributed by atoms with Gasteiger partial charge in [-0.3, -0.25) is 4.79 Å². The predicted molar refractivity (Wildman–Crippen MR) is 117 cm³/mol. The summed E-state index contributed by atoms with van der Waals surface area (Å²) in [4.78, 5) is 11.8. The first-order valence-corrected chi connectivity index (χ1v) is 11.1. The van der Waals surface area contributed by atoms with Gasteiger partial charge in [-0.05, 0) is 54.6 Å². The van der Waals surface area contributed by atoms with Gasteiger partial charge >= 0.3 is 16.3 Å². The van der Waals surface area contributed by atoms with Gasteiger partial charge in [-0.1, -0.05) is 35.3 Å². The highest BCUT2D eigenvalue weighted by atomic mass is 35.5. The van der Waals surface area contributed by atoms with E-state index in [1.807, 2.05) is 0 Å². The highest BCUT2D eigenvalue weighted by Gasteiger charge is 2.31. The molecule has 0 spiro atoms. The number of amides is 1. The first-order chi connectivity index (χ1) is 15.5. The monoisotopic (exact) mass is 516 g/mol. The average molecular weight is 517 g/mol. The number of carbonyl (C=O) groups excluding carboxylic acids is 1. The lowest BCUT2D eigenvalue weighted by Crippen LogP contribution is -2.18. The molecular weight excluding hydrogens is 504 g/mol. The van der Waals surface area contributed by atoms with Gasteiger partial charge in [-0.25, -0.2) is 5.43 Å². The van der Waals surface area contributed by atoms with Gasteiger partial charge in [-0.15, -0.1) is 0 Å². The molecule has 0 bridgehead atoms. The number of para-hydroxylation sites is 1. The fraction of sp³-hybridized carbons (Fsp3) is 0.0476. The van der Waals surface area contributed by atoms with Crippen molar-refractivity contribution in [2.24, 2.45) is 5.10 Å². The van der Waals surface area contributed by atoms with Crippen LogP contribution in [0.25, 0.3) is 0 Å². The zero-order valence-electron chi connectivity index (χ0n) is 16.3. The number of nitrogens with one attached hydrogen (secondary N) is 1. The maximum Gasteiger partial charge on any atom is 0.416 e. The van der Waals surface area contributed by atoms with E-state index in [0.717, 1.165) is 18.3 Å². The lowest BCUT2D eigenvalue weighted by atomic mass is 10.2. The molecule has 6 nitrogen and oxygen atoms in total. The quantitative estimate of drug-likeness (QED) is 0.264. The molecule has 0 fully saturated rings. The molecule has 0 saturated heterocycles. The van der Waals surface area contributed by atoms with Crippen molar-refractivity contribution in [3.63, 3.8) is 0 Å². The van der Waals surface area contributed by atoms with Gasteiger partial charge in [0.25, 0.3) is 5.91 Å². The molecule has 0 atom stereocenters. The average Bonchev–Trinajstić information content (AvgIpc) is 2.76. The summed E-state index contributed by atoms with van der Waals surface area (Å²) in [6.45, 7) is 0. The van der Waals surface area contributed by atoms with Crippen LogP contribution in [0.15, 0.2) is 76.7 Å². The van der Waals surface area contributed by atoms with Crippen LogP contribution in [0.2, 0.25) is 10.0 Å². The molecule has 12 heteroatoms. The molecule has 0 aliphatic carbocycles. The van der Waals surface area contributed by atoms with E-state index in [0.29, 0.717) is 17.2 Å². The number of rotatable bonds is 6. The third-order valence-electron chi connectivity index (χ3n) is 4.13. The smallest absolute Gasteiger partial charge is 0.378 e. The van der Waals surface area contributed by atoms with Crippen molar-refractivity contribution in [2.45, 2.75) is 11.1 Å². The highest BCUT2D eigenvalue weighted by Crippen LogP contribution is 2.30. The maximum atomic E-state index is 12.7. The summed E-state index contributed by atoms with van der Waals surface area (Å²) >= 11 is 11.8. The molecule has 172 valence electrons. The van der Waals surface area contributed by atoms with Crippen LogP contribution in [0, 0.1) is 0 Å². The predicted octanol–water partition coefficient (Wildman–Crippen LogP) is 5.54. The second-order valence-corrected chi connectivity index (χ2v) is 8.81. The topological polar surface area (TPSA) is 84.8 Å². The number of alkyl halides is 3. The lowest BCUT2D eigenvalue weighted by molar-refractivity contribution is -0.137. The Hall–Kier alpha value is -3.08. The molecule has 3 aromatic carbocycles. The van der Waals surface area contributed by atoms with E-state index < -0.39 is 32.7 Å². The fourth-order valence-electron chi connectivity index (χ4n) is 2.53.